The SMILES string of the molecule is Cn1nc(NC(=O)c2cc(Cl)c(O)c(Cl)n2)c2c(=O)n(Cc3ccccc3OC(F)(F)F)cnc21. The summed E-state index contributed by atoms with van der Waals surface area (Å²) >= 11 is 11.6. The second-order valence-electron chi connectivity index (χ2n) is 7.09. The number of ether oxygens (including phenoxy) is 1. The van der Waals surface area contributed by atoms with E-state index in [1.807, 2.05) is 0 Å². The summed E-state index contributed by atoms with van der Waals surface area (Å²) in [4.78, 5) is 33.7. The molecule has 15 heteroatoms. The summed E-state index contributed by atoms with van der Waals surface area (Å²) < 4.78 is 44.6. The number of aromatic hydroxyl groups is 1. The highest BCUT2D eigenvalue weighted by molar-refractivity contribution is 6.36. The third-order valence-corrected chi connectivity index (χ3v) is 5.27. The normalized spacial score (nSPS) is 11.6. The van der Waals surface area contributed by atoms with E-state index in [-0.39, 0.29) is 39.7 Å². The number of anilines is 1. The van der Waals surface area contributed by atoms with Crippen molar-refractivity contribution >= 4 is 46.0 Å². The van der Waals surface area contributed by atoms with Crippen LogP contribution in [0.1, 0.15) is 16.1 Å². The number of aryl methyl sites for hydroxylation is 1. The van der Waals surface area contributed by atoms with E-state index in [4.69, 9.17) is 23.2 Å². The maximum atomic E-state index is 13.2. The van der Waals surface area contributed by atoms with Gasteiger partial charge in [-0.1, -0.05) is 41.4 Å². The Kier molecular flexibility index (Phi) is 6.30. The van der Waals surface area contributed by atoms with Gasteiger partial charge in [0.25, 0.3) is 11.5 Å². The first-order valence-electron chi connectivity index (χ1n) is 9.56. The molecule has 3 aromatic heterocycles. The Morgan fingerprint density at radius 2 is 1.97 bits per heavy atom. The minimum Gasteiger partial charge on any atom is -0.504 e. The van der Waals surface area contributed by atoms with E-state index in [1.165, 1.54) is 29.9 Å². The van der Waals surface area contributed by atoms with Gasteiger partial charge in [-0.3, -0.25) is 14.2 Å². The number of para-hydroxylation sites is 1. The fourth-order valence-corrected chi connectivity index (χ4v) is 3.62. The van der Waals surface area contributed by atoms with Gasteiger partial charge in [-0.05, 0) is 12.1 Å². The molecule has 0 saturated heterocycles. The third-order valence-electron chi connectivity index (χ3n) is 4.72. The van der Waals surface area contributed by atoms with Crippen LogP contribution in [-0.4, -0.2) is 41.7 Å². The van der Waals surface area contributed by atoms with Gasteiger partial charge in [0.15, 0.2) is 22.4 Å². The van der Waals surface area contributed by atoms with Gasteiger partial charge in [-0.25, -0.2) is 14.6 Å². The largest absolute Gasteiger partial charge is 0.573 e. The third kappa shape index (κ3) is 5.00. The van der Waals surface area contributed by atoms with E-state index in [1.54, 1.807) is 0 Å². The minimum absolute atomic E-state index is 0.0696. The molecule has 35 heavy (non-hydrogen) atoms. The number of aromatic nitrogens is 5. The van der Waals surface area contributed by atoms with Crippen LogP contribution < -0.4 is 15.6 Å². The molecule has 1 aromatic carbocycles. The quantitative estimate of drug-likeness (QED) is 0.378. The number of pyridine rings is 1. The topological polar surface area (TPSA) is 124 Å². The molecule has 0 saturated carbocycles. The molecule has 10 nitrogen and oxygen atoms in total. The predicted octanol–water partition coefficient (Wildman–Crippen LogP) is 3.74. The molecule has 0 aliphatic heterocycles. The van der Waals surface area contributed by atoms with Gasteiger partial charge in [-0.15, -0.1) is 13.2 Å². The zero-order valence-corrected chi connectivity index (χ0v) is 19.0. The van der Waals surface area contributed by atoms with Crippen LogP contribution in [0, 0.1) is 0 Å². The number of amides is 1. The van der Waals surface area contributed by atoms with E-state index >= 15 is 0 Å². The lowest BCUT2D eigenvalue weighted by atomic mass is 10.2. The van der Waals surface area contributed by atoms with Gasteiger partial charge < -0.3 is 15.2 Å². The minimum atomic E-state index is -4.92. The lowest BCUT2D eigenvalue weighted by Crippen LogP contribution is -2.24. The molecule has 0 fully saturated rings. The van der Waals surface area contributed by atoms with E-state index in [9.17, 15) is 27.9 Å². The summed E-state index contributed by atoms with van der Waals surface area (Å²) in [7, 11) is 1.48. The number of halogens is 5. The first-order chi connectivity index (χ1) is 16.4. The van der Waals surface area contributed by atoms with Crippen LogP contribution in [0.3, 0.4) is 0 Å². The number of fused-ring (bicyclic) bond motifs is 1. The number of nitrogens with zero attached hydrogens (tertiary/aromatic N) is 5. The number of carbonyl (C=O) groups excluding carboxylic acids is 1. The second kappa shape index (κ2) is 9.07. The Balaban J connectivity index is 1.71. The number of rotatable bonds is 5. The van der Waals surface area contributed by atoms with E-state index in [0.717, 1.165) is 23.0 Å². The Morgan fingerprint density at radius 3 is 2.66 bits per heavy atom. The number of benzene rings is 1. The Morgan fingerprint density at radius 1 is 1.26 bits per heavy atom. The number of carbonyl (C=O) groups is 1. The van der Waals surface area contributed by atoms with Crippen LogP contribution >= 0.6 is 23.2 Å². The lowest BCUT2D eigenvalue weighted by Gasteiger charge is -2.14. The average Bonchev–Trinajstić information content (AvgIpc) is 3.09. The maximum absolute atomic E-state index is 13.2. The van der Waals surface area contributed by atoms with Crippen molar-refractivity contribution < 1.29 is 27.8 Å². The summed E-state index contributed by atoms with van der Waals surface area (Å²) in [5, 5.41) is 15.4. The van der Waals surface area contributed by atoms with Crippen LogP contribution in [0.15, 0.2) is 41.5 Å². The molecule has 2 N–H and O–H groups in total. The number of hydrogen-bond donors (Lipinski definition) is 2. The van der Waals surface area contributed by atoms with Crippen molar-refractivity contribution in [3.8, 4) is 11.5 Å². The van der Waals surface area contributed by atoms with E-state index in [0.29, 0.717) is 0 Å². The second-order valence-corrected chi connectivity index (χ2v) is 7.85. The summed E-state index contributed by atoms with van der Waals surface area (Å²) in [6.07, 6.45) is -3.78. The number of nitrogens with one attached hydrogen (secondary N) is 1. The van der Waals surface area contributed by atoms with Gasteiger partial charge in [0, 0.05) is 12.6 Å². The van der Waals surface area contributed by atoms with Crippen molar-refractivity contribution in [1.29, 1.82) is 0 Å². The maximum Gasteiger partial charge on any atom is 0.573 e. The summed E-state index contributed by atoms with van der Waals surface area (Å²) in [6, 6.07) is 6.41. The monoisotopic (exact) mass is 528 g/mol. The highest BCUT2D eigenvalue weighted by atomic mass is 35.5. The Labute approximate surface area is 203 Å². The molecule has 0 aliphatic carbocycles. The number of alkyl halides is 3. The molecule has 0 atom stereocenters. The Hall–Kier alpha value is -3.84. The van der Waals surface area contributed by atoms with Crippen molar-refractivity contribution in [3.05, 3.63) is 68.4 Å². The van der Waals surface area contributed by atoms with Crippen molar-refractivity contribution in [3.63, 3.8) is 0 Å². The van der Waals surface area contributed by atoms with Crippen LogP contribution in [-0.2, 0) is 13.6 Å². The molecule has 0 radical (unpaired) electrons. The van der Waals surface area contributed by atoms with Crippen molar-refractivity contribution in [1.82, 2.24) is 24.3 Å². The van der Waals surface area contributed by atoms with Crippen LogP contribution in [0.2, 0.25) is 10.2 Å². The van der Waals surface area contributed by atoms with Gasteiger partial charge in [0.1, 0.15) is 23.2 Å². The number of hydrogen-bond acceptors (Lipinski definition) is 7. The van der Waals surface area contributed by atoms with Crippen molar-refractivity contribution in [2.45, 2.75) is 12.9 Å². The molecule has 3 heterocycles. The predicted molar refractivity (Wildman–Crippen MR) is 119 cm³/mol. The van der Waals surface area contributed by atoms with Gasteiger partial charge in [0.05, 0.1) is 11.6 Å². The molecule has 1 amide bonds. The van der Waals surface area contributed by atoms with E-state index in [2.05, 4.69) is 25.1 Å². The fraction of sp³-hybridized carbons (Fsp3) is 0.150. The van der Waals surface area contributed by atoms with Gasteiger partial charge >= 0.3 is 6.36 Å². The molecule has 182 valence electrons. The van der Waals surface area contributed by atoms with E-state index < -0.39 is 34.5 Å². The van der Waals surface area contributed by atoms with Gasteiger partial charge in [0.2, 0.25) is 0 Å². The highest BCUT2D eigenvalue weighted by Crippen LogP contribution is 2.31. The summed E-state index contributed by atoms with van der Waals surface area (Å²) in [5.74, 6) is -2.00. The molecule has 4 rings (SSSR count). The van der Waals surface area contributed by atoms with Crippen molar-refractivity contribution in [2.75, 3.05) is 5.32 Å². The first kappa shape index (κ1) is 24.3. The highest BCUT2D eigenvalue weighted by Gasteiger charge is 2.32. The molecule has 0 aliphatic rings. The summed E-state index contributed by atoms with van der Waals surface area (Å²) in [5.41, 5.74) is -0.773. The first-order valence-corrected chi connectivity index (χ1v) is 10.3. The lowest BCUT2D eigenvalue weighted by molar-refractivity contribution is -0.274. The van der Waals surface area contributed by atoms with Crippen LogP contribution in [0.4, 0.5) is 19.0 Å². The zero-order valence-electron chi connectivity index (χ0n) is 17.5. The fourth-order valence-electron chi connectivity index (χ4n) is 3.19. The molecular weight excluding hydrogens is 516 g/mol. The molecule has 0 unspecified atom stereocenters. The smallest absolute Gasteiger partial charge is 0.504 e. The van der Waals surface area contributed by atoms with Crippen LogP contribution in [0.5, 0.6) is 11.5 Å². The standard InChI is InChI=1S/C20H13Cl2F3N6O4/c1-30-17-13(16(29-30)28-18(33)11-6-10(21)14(32)15(22)27-11)19(34)31(8-26-17)7-9-4-2-3-5-12(9)35-20(23,24)25/h2-6,8,32H,7H2,1H3,(H,28,29,33). The van der Waals surface area contributed by atoms with Crippen molar-refractivity contribution in [2.24, 2.45) is 7.05 Å². The molecule has 0 spiro atoms. The Bertz CT molecular complexity index is 1500. The van der Waals surface area contributed by atoms with Gasteiger partial charge in [-0.2, -0.15) is 5.10 Å². The zero-order chi connectivity index (χ0) is 25.5. The average molecular weight is 529 g/mol. The van der Waals surface area contributed by atoms with Crippen LogP contribution in [0.25, 0.3) is 11.0 Å². The molecular formula is C20H13Cl2F3N6O4. The summed E-state index contributed by atoms with van der Waals surface area (Å²) in [6.45, 7) is -0.305. The molecule has 0 bridgehead atoms. The molecule has 4 aromatic rings.